The second-order valence-electron chi connectivity index (χ2n) is 3.21. The summed E-state index contributed by atoms with van der Waals surface area (Å²) in [7, 11) is -2.04. The molecule has 0 aliphatic heterocycles. The molecule has 0 saturated carbocycles. The van der Waals surface area contributed by atoms with Crippen molar-refractivity contribution in [3.05, 3.63) is 34.2 Å². The Hall–Kier alpha value is -1.67. The molecule has 17 heavy (non-hydrogen) atoms. The zero-order valence-corrected chi connectivity index (χ0v) is 10.0. The highest BCUT2D eigenvalue weighted by molar-refractivity contribution is 7.89. The number of aromatic nitrogens is 1. The number of carbonyl (C=O) groups is 1. The number of rotatable bonds is 5. The van der Waals surface area contributed by atoms with Crippen molar-refractivity contribution < 1.29 is 13.2 Å². The summed E-state index contributed by atoms with van der Waals surface area (Å²) in [5.41, 5.74) is -0.292. The fraction of sp³-hybridized carbons (Fsp3) is 0.333. The minimum absolute atomic E-state index is 0.0288. The van der Waals surface area contributed by atoms with Gasteiger partial charge in [-0.25, -0.2) is 13.1 Å². The van der Waals surface area contributed by atoms with Crippen molar-refractivity contribution in [3.63, 3.8) is 0 Å². The van der Waals surface area contributed by atoms with Crippen LogP contribution in [0, 0.1) is 0 Å². The predicted octanol–water partition coefficient (Wildman–Crippen LogP) is -1.35. The van der Waals surface area contributed by atoms with Gasteiger partial charge in [0.05, 0.1) is 5.75 Å². The molecule has 0 unspecified atom stereocenters. The Morgan fingerprint density at radius 3 is 2.71 bits per heavy atom. The average molecular weight is 259 g/mol. The first-order valence-corrected chi connectivity index (χ1v) is 6.48. The summed E-state index contributed by atoms with van der Waals surface area (Å²) in [5.74, 6) is -0.735. The standard InChI is InChI=1S/C9H13N3O4S/c1-10-17(15,16)6-5-11-9(14)7-3-2-4-8(13)12-7/h2-4,10H,5-6H2,1H3,(H,11,14)(H,12,13). The molecule has 0 aromatic carbocycles. The monoisotopic (exact) mass is 259 g/mol. The second kappa shape index (κ2) is 5.60. The SMILES string of the molecule is CNS(=O)(=O)CCNC(=O)c1cccc(=O)[nH]1. The van der Waals surface area contributed by atoms with Crippen LogP contribution in [0.3, 0.4) is 0 Å². The number of H-pyrrole nitrogens is 1. The molecule has 0 spiro atoms. The average Bonchev–Trinajstić information content (AvgIpc) is 2.28. The van der Waals surface area contributed by atoms with Crippen molar-refractivity contribution in [1.29, 1.82) is 0 Å². The predicted molar refractivity (Wildman–Crippen MR) is 62.2 cm³/mol. The summed E-state index contributed by atoms with van der Waals surface area (Å²) in [4.78, 5) is 24.7. The molecular formula is C9H13N3O4S. The van der Waals surface area contributed by atoms with Crippen LogP contribution in [-0.4, -0.2) is 38.7 Å². The smallest absolute Gasteiger partial charge is 0.267 e. The minimum atomic E-state index is -3.34. The fourth-order valence-electron chi connectivity index (χ4n) is 1.08. The molecule has 0 saturated heterocycles. The van der Waals surface area contributed by atoms with E-state index in [1.54, 1.807) is 0 Å². The summed E-state index contributed by atoms with van der Waals surface area (Å²) < 4.78 is 24.2. The van der Waals surface area contributed by atoms with Crippen LogP contribution in [0.1, 0.15) is 10.5 Å². The summed E-state index contributed by atoms with van der Waals surface area (Å²) in [5, 5.41) is 2.39. The first-order valence-electron chi connectivity index (χ1n) is 4.83. The number of pyridine rings is 1. The van der Waals surface area contributed by atoms with Gasteiger partial charge in [-0.1, -0.05) is 6.07 Å². The Balaban J connectivity index is 2.54. The van der Waals surface area contributed by atoms with E-state index in [9.17, 15) is 18.0 Å². The summed E-state index contributed by atoms with van der Waals surface area (Å²) in [6.07, 6.45) is 0. The van der Waals surface area contributed by atoms with Crippen LogP contribution < -0.4 is 15.6 Å². The maximum absolute atomic E-state index is 11.5. The molecule has 8 heteroatoms. The van der Waals surface area contributed by atoms with Gasteiger partial charge in [0.2, 0.25) is 15.6 Å². The third kappa shape index (κ3) is 4.37. The van der Waals surface area contributed by atoms with Gasteiger partial charge < -0.3 is 10.3 Å². The Morgan fingerprint density at radius 2 is 2.12 bits per heavy atom. The van der Waals surface area contributed by atoms with Gasteiger partial charge in [-0.3, -0.25) is 9.59 Å². The Morgan fingerprint density at radius 1 is 1.41 bits per heavy atom. The quantitative estimate of drug-likeness (QED) is 0.607. The van der Waals surface area contributed by atoms with Crippen LogP contribution in [0.15, 0.2) is 23.0 Å². The third-order valence-corrected chi connectivity index (χ3v) is 3.34. The van der Waals surface area contributed by atoms with E-state index < -0.39 is 15.9 Å². The van der Waals surface area contributed by atoms with Gasteiger partial charge in [0.15, 0.2) is 0 Å². The lowest BCUT2D eigenvalue weighted by molar-refractivity contribution is 0.0951. The van der Waals surface area contributed by atoms with Crippen LogP contribution in [0.2, 0.25) is 0 Å². The summed E-state index contributed by atoms with van der Waals surface area (Å²) >= 11 is 0. The summed E-state index contributed by atoms with van der Waals surface area (Å²) in [6.45, 7) is -0.0288. The lowest BCUT2D eigenvalue weighted by Gasteiger charge is -2.05. The zero-order chi connectivity index (χ0) is 12.9. The number of carbonyl (C=O) groups excluding carboxylic acids is 1. The number of sulfonamides is 1. The highest BCUT2D eigenvalue weighted by Gasteiger charge is 2.09. The molecule has 7 nitrogen and oxygen atoms in total. The topological polar surface area (TPSA) is 108 Å². The maximum Gasteiger partial charge on any atom is 0.267 e. The molecule has 1 rings (SSSR count). The normalized spacial score (nSPS) is 11.1. The van der Waals surface area contributed by atoms with Gasteiger partial charge in [-0.15, -0.1) is 0 Å². The van der Waals surface area contributed by atoms with Crippen LogP contribution in [0.25, 0.3) is 0 Å². The molecule has 0 radical (unpaired) electrons. The number of hydrogen-bond acceptors (Lipinski definition) is 4. The molecule has 0 aliphatic rings. The van der Waals surface area contributed by atoms with Crippen molar-refractivity contribution in [2.45, 2.75) is 0 Å². The number of aromatic amines is 1. The molecule has 1 aromatic heterocycles. The maximum atomic E-state index is 11.5. The van der Waals surface area contributed by atoms with Gasteiger partial charge in [0.1, 0.15) is 5.69 Å². The van der Waals surface area contributed by atoms with Crippen LogP contribution in [0.4, 0.5) is 0 Å². The Labute approximate surface area is 98.3 Å². The summed E-state index contributed by atoms with van der Waals surface area (Å²) in [6, 6.07) is 4.16. The van der Waals surface area contributed by atoms with E-state index in [2.05, 4.69) is 15.0 Å². The van der Waals surface area contributed by atoms with E-state index in [0.29, 0.717) is 0 Å². The molecule has 3 N–H and O–H groups in total. The van der Waals surface area contributed by atoms with Crippen LogP contribution in [-0.2, 0) is 10.0 Å². The minimum Gasteiger partial charge on any atom is -0.350 e. The molecule has 94 valence electrons. The second-order valence-corrected chi connectivity index (χ2v) is 5.25. The molecule has 1 heterocycles. The van der Waals surface area contributed by atoms with Crippen molar-refractivity contribution in [2.24, 2.45) is 0 Å². The molecule has 0 bridgehead atoms. The zero-order valence-electron chi connectivity index (χ0n) is 9.19. The first-order chi connectivity index (χ1) is 7.94. The van der Waals surface area contributed by atoms with E-state index in [1.807, 2.05) is 0 Å². The number of nitrogens with one attached hydrogen (secondary N) is 3. The molecule has 0 fully saturated rings. The third-order valence-electron chi connectivity index (χ3n) is 1.98. The van der Waals surface area contributed by atoms with Gasteiger partial charge in [-0.2, -0.15) is 0 Å². The first kappa shape index (κ1) is 13.4. The molecule has 0 atom stereocenters. The van der Waals surface area contributed by atoms with Gasteiger partial charge in [-0.05, 0) is 13.1 Å². The Bertz CT molecular complexity index is 549. The van der Waals surface area contributed by atoms with E-state index in [-0.39, 0.29) is 23.6 Å². The van der Waals surface area contributed by atoms with Crippen molar-refractivity contribution in [2.75, 3.05) is 19.3 Å². The van der Waals surface area contributed by atoms with Gasteiger partial charge >= 0.3 is 0 Å². The Kier molecular flexibility index (Phi) is 4.41. The van der Waals surface area contributed by atoms with Crippen molar-refractivity contribution in [1.82, 2.24) is 15.0 Å². The lowest BCUT2D eigenvalue weighted by atomic mass is 10.3. The van der Waals surface area contributed by atoms with Crippen LogP contribution in [0.5, 0.6) is 0 Å². The van der Waals surface area contributed by atoms with E-state index in [4.69, 9.17) is 0 Å². The number of amides is 1. The van der Waals surface area contributed by atoms with Gasteiger partial charge in [0, 0.05) is 12.6 Å². The van der Waals surface area contributed by atoms with Crippen molar-refractivity contribution >= 4 is 15.9 Å². The largest absolute Gasteiger partial charge is 0.350 e. The highest BCUT2D eigenvalue weighted by Crippen LogP contribution is 1.89. The molecule has 1 aromatic rings. The fourth-order valence-corrected chi connectivity index (χ4v) is 1.65. The van der Waals surface area contributed by atoms with E-state index in [1.165, 1.54) is 25.2 Å². The molecule has 0 aliphatic carbocycles. The van der Waals surface area contributed by atoms with Gasteiger partial charge in [0.25, 0.3) is 5.91 Å². The lowest BCUT2D eigenvalue weighted by Crippen LogP contribution is -2.33. The highest BCUT2D eigenvalue weighted by atomic mass is 32.2. The van der Waals surface area contributed by atoms with Crippen LogP contribution >= 0.6 is 0 Å². The van der Waals surface area contributed by atoms with Crippen molar-refractivity contribution in [3.8, 4) is 0 Å². The van der Waals surface area contributed by atoms with E-state index in [0.717, 1.165) is 0 Å². The number of hydrogen-bond donors (Lipinski definition) is 3. The molecule has 1 amide bonds. The molecular weight excluding hydrogens is 246 g/mol. The van der Waals surface area contributed by atoms with E-state index >= 15 is 0 Å².